The fourth-order valence-corrected chi connectivity index (χ4v) is 2.42. The average molecular weight is 271 g/mol. The Balaban J connectivity index is 1.71. The van der Waals surface area contributed by atoms with E-state index in [0.717, 1.165) is 24.2 Å². The van der Waals surface area contributed by atoms with Gasteiger partial charge in [0.2, 0.25) is 0 Å². The molecule has 0 radical (unpaired) electrons. The maximum absolute atomic E-state index is 11.0. The summed E-state index contributed by atoms with van der Waals surface area (Å²) in [4.78, 5) is 12.9. The molecule has 1 aromatic carbocycles. The van der Waals surface area contributed by atoms with Gasteiger partial charge in [0, 0.05) is 24.8 Å². The minimum Gasteiger partial charge on any atom is -0.480 e. The van der Waals surface area contributed by atoms with Gasteiger partial charge in [0.05, 0.1) is 11.9 Å². The molecule has 5 heteroatoms. The molecule has 0 saturated carbocycles. The molecule has 1 atom stereocenters. The van der Waals surface area contributed by atoms with Crippen molar-refractivity contribution in [1.29, 1.82) is 0 Å². The number of carboxylic acids is 1. The number of likely N-dealkylation sites (tertiary alicyclic amines) is 1. The van der Waals surface area contributed by atoms with E-state index in [9.17, 15) is 4.79 Å². The second-order valence-electron chi connectivity index (χ2n) is 5.24. The average Bonchev–Trinajstić information content (AvgIpc) is 2.83. The highest BCUT2D eigenvalue weighted by Crippen LogP contribution is 2.21. The third-order valence-electron chi connectivity index (χ3n) is 3.74. The highest BCUT2D eigenvalue weighted by atomic mass is 16.4. The van der Waals surface area contributed by atoms with E-state index in [2.05, 4.69) is 5.10 Å². The van der Waals surface area contributed by atoms with Gasteiger partial charge < -0.3 is 5.11 Å². The zero-order valence-corrected chi connectivity index (χ0v) is 11.4. The summed E-state index contributed by atoms with van der Waals surface area (Å²) in [5, 5.41) is 13.4. The fraction of sp³-hybridized carbons (Fsp3) is 0.333. The number of hydrogen-bond acceptors (Lipinski definition) is 3. The van der Waals surface area contributed by atoms with Crippen LogP contribution < -0.4 is 0 Å². The molecule has 3 rings (SSSR count). The van der Waals surface area contributed by atoms with Gasteiger partial charge in [-0.05, 0) is 25.5 Å². The van der Waals surface area contributed by atoms with Gasteiger partial charge in [-0.15, -0.1) is 0 Å². The first-order valence-corrected chi connectivity index (χ1v) is 6.71. The van der Waals surface area contributed by atoms with Crippen LogP contribution >= 0.6 is 0 Å². The Morgan fingerprint density at radius 1 is 1.40 bits per heavy atom. The van der Waals surface area contributed by atoms with Crippen molar-refractivity contribution < 1.29 is 9.90 Å². The zero-order chi connectivity index (χ0) is 14.1. The minimum atomic E-state index is -0.734. The smallest absolute Gasteiger partial charge is 0.320 e. The first kappa shape index (κ1) is 12.9. The zero-order valence-electron chi connectivity index (χ0n) is 11.4. The van der Waals surface area contributed by atoms with Crippen molar-refractivity contribution in [2.45, 2.75) is 25.9 Å². The topological polar surface area (TPSA) is 58.4 Å². The van der Waals surface area contributed by atoms with Gasteiger partial charge in [-0.3, -0.25) is 9.69 Å². The molecule has 0 aliphatic carbocycles. The molecular formula is C15H17N3O2. The van der Waals surface area contributed by atoms with Crippen LogP contribution in [0.3, 0.4) is 0 Å². The first-order valence-electron chi connectivity index (χ1n) is 6.71. The summed E-state index contributed by atoms with van der Waals surface area (Å²) in [7, 11) is 0. The Hall–Kier alpha value is -2.14. The molecule has 1 saturated heterocycles. The summed E-state index contributed by atoms with van der Waals surface area (Å²) in [5.74, 6) is -0.734. The molecule has 104 valence electrons. The number of carbonyl (C=O) groups is 1. The lowest BCUT2D eigenvalue weighted by Crippen LogP contribution is -2.51. The van der Waals surface area contributed by atoms with Crippen LogP contribution in [0.1, 0.15) is 17.5 Å². The SMILES string of the molecule is Cc1ccc(-n2cc(CN3CCC3C(=O)O)cn2)cc1. The molecule has 1 aliphatic rings. The van der Waals surface area contributed by atoms with Crippen LogP contribution in [0.5, 0.6) is 0 Å². The van der Waals surface area contributed by atoms with Crippen LogP contribution in [-0.2, 0) is 11.3 Å². The van der Waals surface area contributed by atoms with Crippen LogP contribution in [0, 0.1) is 6.92 Å². The Kier molecular flexibility index (Phi) is 3.28. The summed E-state index contributed by atoms with van der Waals surface area (Å²) >= 11 is 0. The molecule has 0 bridgehead atoms. The van der Waals surface area contributed by atoms with Crippen LogP contribution in [-0.4, -0.2) is 38.3 Å². The number of aromatic nitrogens is 2. The standard InChI is InChI=1S/C15H17N3O2/c1-11-2-4-13(5-3-11)18-10-12(8-16-18)9-17-7-6-14(17)15(19)20/h2-5,8,10,14H,6-7,9H2,1H3,(H,19,20). The molecular weight excluding hydrogens is 254 g/mol. The van der Waals surface area contributed by atoms with Crippen molar-refractivity contribution in [3.63, 3.8) is 0 Å². The maximum Gasteiger partial charge on any atom is 0.320 e. The van der Waals surface area contributed by atoms with Crippen LogP contribution in [0.25, 0.3) is 5.69 Å². The molecule has 0 spiro atoms. The van der Waals surface area contributed by atoms with Gasteiger partial charge in [-0.25, -0.2) is 4.68 Å². The van der Waals surface area contributed by atoms with Crippen molar-refractivity contribution >= 4 is 5.97 Å². The monoisotopic (exact) mass is 271 g/mol. The predicted molar refractivity (Wildman–Crippen MR) is 74.8 cm³/mol. The quantitative estimate of drug-likeness (QED) is 0.922. The minimum absolute atomic E-state index is 0.335. The second kappa shape index (κ2) is 5.09. The fourth-order valence-electron chi connectivity index (χ4n) is 2.42. The largest absolute Gasteiger partial charge is 0.480 e. The molecule has 2 heterocycles. The summed E-state index contributed by atoms with van der Waals surface area (Å²) in [5.41, 5.74) is 3.27. The van der Waals surface area contributed by atoms with Crippen LogP contribution in [0.15, 0.2) is 36.7 Å². The van der Waals surface area contributed by atoms with Crippen molar-refractivity contribution in [2.24, 2.45) is 0 Å². The molecule has 1 N–H and O–H groups in total. The van der Waals surface area contributed by atoms with Crippen molar-refractivity contribution in [3.05, 3.63) is 47.8 Å². The van der Waals surface area contributed by atoms with Gasteiger partial charge in [0.1, 0.15) is 6.04 Å². The van der Waals surface area contributed by atoms with Crippen molar-refractivity contribution in [3.8, 4) is 5.69 Å². The summed E-state index contributed by atoms with van der Waals surface area (Å²) in [6.07, 6.45) is 4.50. The number of aliphatic carboxylic acids is 1. The van der Waals surface area contributed by atoms with Gasteiger partial charge in [0.25, 0.3) is 0 Å². The molecule has 1 fully saturated rings. The maximum atomic E-state index is 11.0. The Morgan fingerprint density at radius 2 is 2.15 bits per heavy atom. The van der Waals surface area contributed by atoms with E-state index < -0.39 is 5.97 Å². The highest BCUT2D eigenvalue weighted by Gasteiger charge is 2.33. The third kappa shape index (κ3) is 2.44. The van der Waals surface area contributed by atoms with E-state index in [-0.39, 0.29) is 6.04 Å². The van der Waals surface area contributed by atoms with Crippen LogP contribution in [0.2, 0.25) is 0 Å². The second-order valence-corrected chi connectivity index (χ2v) is 5.24. The predicted octanol–water partition coefficient (Wildman–Crippen LogP) is 1.84. The van der Waals surface area contributed by atoms with E-state index in [0.29, 0.717) is 6.54 Å². The number of nitrogens with zero attached hydrogens (tertiary/aromatic N) is 3. The number of benzene rings is 1. The van der Waals surface area contributed by atoms with Crippen molar-refractivity contribution in [1.82, 2.24) is 14.7 Å². The Morgan fingerprint density at radius 3 is 2.75 bits per heavy atom. The molecule has 20 heavy (non-hydrogen) atoms. The molecule has 5 nitrogen and oxygen atoms in total. The normalized spacial score (nSPS) is 18.8. The lowest BCUT2D eigenvalue weighted by molar-refractivity contribution is -0.148. The lowest BCUT2D eigenvalue weighted by Gasteiger charge is -2.37. The first-order chi connectivity index (χ1) is 9.63. The summed E-state index contributed by atoms with van der Waals surface area (Å²) in [6.45, 7) is 3.53. The van der Waals surface area contributed by atoms with E-state index in [1.807, 2.05) is 47.0 Å². The number of carboxylic acid groups (broad SMARTS) is 1. The Bertz CT molecular complexity index is 618. The van der Waals surface area contributed by atoms with Gasteiger partial charge >= 0.3 is 5.97 Å². The molecule has 1 aliphatic heterocycles. The van der Waals surface area contributed by atoms with E-state index in [1.165, 1.54) is 5.56 Å². The molecule has 1 aromatic heterocycles. The van der Waals surface area contributed by atoms with E-state index in [4.69, 9.17) is 5.11 Å². The van der Waals surface area contributed by atoms with Gasteiger partial charge in [-0.1, -0.05) is 17.7 Å². The number of rotatable bonds is 4. The lowest BCUT2D eigenvalue weighted by atomic mass is 10.0. The van der Waals surface area contributed by atoms with Gasteiger partial charge in [-0.2, -0.15) is 5.10 Å². The van der Waals surface area contributed by atoms with Gasteiger partial charge in [0.15, 0.2) is 0 Å². The molecule has 2 aromatic rings. The van der Waals surface area contributed by atoms with E-state index in [1.54, 1.807) is 6.20 Å². The summed E-state index contributed by atoms with van der Waals surface area (Å²) in [6, 6.07) is 7.81. The number of hydrogen-bond donors (Lipinski definition) is 1. The van der Waals surface area contributed by atoms with Crippen LogP contribution in [0.4, 0.5) is 0 Å². The summed E-state index contributed by atoms with van der Waals surface area (Å²) < 4.78 is 1.82. The van der Waals surface area contributed by atoms with E-state index >= 15 is 0 Å². The third-order valence-corrected chi connectivity index (χ3v) is 3.74. The van der Waals surface area contributed by atoms with Crippen molar-refractivity contribution in [2.75, 3.05) is 6.54 Å². The molecule has 1 unspecified atom stereocenters. The molecule has 0 amide bonds. The Labute approximate surface area is 117 Å². The number of aryl methyl sites for hydroxylation is 1. The highest BCUT2D eigenvalue weighted by molar-refractivity contribution is 5.74.